The van der Waals surface area contributed by atoms with Crippen LogP contribution < -0.4 is 9.64 Å². The Morgan fingerprint density at radius 2 is 1.76 bits per heavy atom. The van der Waals surface area contributed by atoms with Gasteiger partial charge in [-0.3, -0.25) is 4.79 Å². The molecule has 0 aliphatic carbocycles. The molecular weight excluding hydrogens is 362 g/mol. The molecule has 1 atom stereocenters. The Hall–Kier alpha value is -2.31. The minimum atomic E-state index is -3.30. The molecule has 0 unspecified atom stereocenters. The van der Waals surface area contributed by atoms with Crippen molar-refractivity contribution in [3.63, 3.8) is 0 Å². The maximum Gasteiger partial charge on any atom is 0.258 e. The van der Waals surface area contributed by atoms with Gasteiger partial charge in [0.2, 0.25) is 0 Å². The normalized spacial score (nSPS) is 18.1. The summed E-state index contributed by atoms with van der Waals surface area (Å²) in [5.74, 6) is 0.212. The van der Waals surface area contributed by atoms with Crippen LogP contribution in [0.2, 0.25) is 5.02 Å². The highest BCUT2D eigenvalue weighted by molar-refractivity contribution is 7.94. The Bertz CT molecular complexity index is 905. The Kier molecular flexibility index (Phi) is 4.83. The molecule has 1 amide bonds. The number of carbonyl (C=O) groups is 1. The van der Waals surface area contributed by atoms with E-state index in [1.807, 2.05) is 0 Å². The van der Waals surface area contributed by atoms with Crippen LogP contribution in [0.3, 0.4) is 0 Å². The smallest absolute Gasteiger partial charge is 0.258 e. The third-order valence-corrected chi connectivity index (χ3v) is 5.53. The number of ether oxygens (including phenoxy) is 1. The highest BCUT2D eigenvalue weighted by atomic mass is 35.5. The molecule has 130 valence electrons. The molecule has 25 heavy (non-hydrogen) atoms. The van der Waals surface area contributed by atoms with Gasteiger partial charge < -0.3 is 9.64 Å². The lowest BCUT2D eigenvalue weighted by molar-refractivity contribution is 0.0983. The molecule has 3 rings (SSSR count). The summed E-state index contributed by atoms with van der Waals surface area (Å²) in [6.45, 7) is 0. The van der Waals surface area contributed by atoms with E-state index in [4.69, 9.17) is 16.3 Å². The first kappa shape index (κ1) is 17.5. The van der Waals surface area contributed by atoms with Crippen LogP contribution >= 0.6 is 11.6 Å². The Balaban J connectivity index is 2.00. The summed E-state index contributed by atoms with van der Waals surface area (Å²) in [5, 5.41) is 1.68. The Morgan fingerprint density at radius 3 is 2.28 bits per heavy atom. The monoisotopic (exact) mass is 377 g/mol. The third kappa shape index (κ3) is 3.86. The van der Waals surface area contributed by atoms with Crippen molar-refractivity contribution >= 4 is 33.0 Å². The fraction of sp³-hybridized carbons (Fsp3) is 0.167. The summed E-state index contributed by atoms with van der Waals surface area (Å²) in [4.78, 5) is 14.5. The Labute approximate surface area is 151 Å². The standard InChI is InChI=1S/C18H16ClNO4S/c1-24-17-8-6-15(7-9-17)20(16-10-11-25(22,23)12-16)18(21)13-2-4-14(19)5-3-13/h2-11,16H,12H2,1H3/t16-/m0/s1. The molecule has 0 fully saturated rings. The van der Waals surface area contributed by atoms with Gasteiger partial charge in [-0.15, -0.1) is 0 Å². The van der Waals surface area contributed by atoms with E-state index in [0.717, 1.165) is 5.41 Å². The van der Waals surface area contributed by atoms with Gasteiger partial charge in [0.25, 0.3) is 5.91 Å². The van der Waals surface area contributed by atoms with Crippen molar-refractivity contribution in [2.24, 2.45) is 0 Å². The van der Waals surface area contributed by atoms with Gasteiger partial charge in [0.1, 0.15) is 5.75 Å². The van der Waals surface area contributed by atoms with E-state index in [1.54, 1.807) is 55.6 Å². The van der Waals surface area contributed by atoms with E-state index >= 15 is 0 Å². The molecule has 2 aromatic rings. The average molecular weight is 378 g/mol. The molecule has 0 saturated heterocycles. The number of anilines is 1. The first-order valence-corrected chi connectivity index (χ1v) is 9.63. The summed E-state index contributed by atoms with van der Waals surface area (Å²) >= 11 is 5.88. The molecule has 0 bridgehead atoms. The number of carbonyl (C=O) groups excluding carboxylic acids is 1. The van der Waals surface area contributed by atoms with Crippen LogP contribution in [0.15, 0.2) is 60.0 Å². The number of rotatable bonds is 4. The number of benzene rings is 2. The van der Waals surface area contributed by atoms with Gasteiger partial charge in [-0.2, -0.15) is 0 Å². The first-order chi connectivity index (χ1) is 11.9. The lowest BCUT2D eigenvalue weighted by Crippen LogP contribution is -2.41. The molecule has 0 saturated carbocycles. The fourth-order valence-corrected chi connectivity index (χ4v) is 4.05. The molecule has 7 heteroatoms. The molecule has 0 N–H and O–H groups in total. The van der Waals surface area contributed by atoms with Gasteiger partial charge in [-0.05, 0) is 54.6 Å². The minimum Gasteiger partial charge on any atom is -0.497 e. The molecular formula is C18H16ClNO4S. The van der Waals surface area contributed by atoms with Crippen molar-refractivity contribution in [3.05, 3.63) is 70.6 Å². The van der Waals surface area contributed by atoms with Crippen molar-refractivity contribution in [1.82, 2.24) is 0 Å². The largest absolute Gasteiger partial charge is 0.497 e. The molecule has 2 aromatic carbocycles. The van der Waals surface area contributed by atoms with Crippen molar-refractivity contribution in [2.75, 3.05) is 17.8 Å². The average Bonchev–Trinajstić information content (AvgIpc) is 2.96. The second kappa shape index (κ2) is 6.90. The second-order valence-electron chi connectivity index (χ2n) is 5.61. The number of sulfone groups is 1. The number of hydrogen-bond acceptors (Lipinski definition) is 4. The maximum absolute atomic E-state index is 13.0. The van der Waals surface area contributed by atoms with Crippen molar-refractivity contribution in [2.45, 2.75) is 6.04 Å². The molecule has 0 radical (unpaired) electrons. The molecule has 1 heterocycles. The van der Waals surface area contributed by atoms with Crippen LogP contribution in [0.4, 0.5) is 5.69 Å². The predicted octanol–water partition coefficient (Wildman–Crippen LogP) is 3.31. The van der Waals surface area contributed by atoms with Crippen molar-refractivity contribution in [1.29, 1.82) is 0 Å². The fourth-order valence-electron chi connectivity index (χ4n) is 2.65. The molecule has 1 aliphatic heterocycles. The van der Waals surface area contributed by atoms with Gasteiger partial charge in [0.15, 0.2) is 9.84 Å². The summed E-state index contributed by atoms with van der Waals surface area (Å²) in [7, 11) is -1.75. The van der Waals surface area contributed by atoms with E-state index in [-0.39, 0.29) is 11.7 Å². The molecule has 1 aliphatic rings. The van der Waals surface area contributed by atoms with E-state index in [9.17, 15) is 13.2 Å². The van der Waals surface area contributed by atoms with E-state index in [2.05, 4.69) is 0 Å². The van der Waals surface area contributed by atoms with Crippen LogP contribution in [0.25, 0.3) is 0 Å². The lowest BCUT2D eigenvalue weighted by atomic mass is 10.1. The van der Waals surface area contributed by atoms with Gasteiger partial charge in [-0.25, -0.2) is 8.42 Å². The topological polar surface area (TPSA) is 63.7 Å². The summed E-state index contributed by atoms with van der Waals surface area (Å²) in [6.07, 6.45) is 1.54. The van der Waals surface area contributed by atoms with Gasteiger partial charge in [0.05, 0.1) is 18.9 Å². The predicted molar refractivity (Wildman–Crippen MR) is 98.0 cm³/mol. The van der Waals surface area contributed by atoms with Crippen LogP contribution in [-0.2, 0) is 9.84 Å². The number of amides is 1. The zero-order valence-corrected chi connectivity index (χ0v) is 15.0. The van der Waals surface area contributed by atoms with Crippen LogP contribution in [0.5, 0.6) is 5.75 Å². The van der Waals surface area contributed by atoms with Crippen molar-refractivity contribution < 1.29 is 17.9 Å². The lowest BCUT2D eigenvalue weighted by Gasteiger charge is -2.28. The van der Waals surface area contributed by atoms with Gasteiger partial charge in [-0.1, -0.05) is 11.6 Å². The minimum absolute atomic E-state index is 0.141. The van der Waals surface area contributed by atoms with Gasteiger partial charge >= 0.3 is 0 Å². The van der Waals surface area contributed by atoms with E-state index in [1.165, 1.54) is 11.0 Å². The number of halogens is 1. The summed E-state index contributed by atoms with van der Waals surface area (Å²) < 4.78 is 28.8. The second-order valence-corrected chi connectivity index (χ2v) is 7.97. The highest BCUT2D eigenvalue weighted by Gasteiger charge is 2.32. The van der Waals surface area contributed by atoms with Crippen molar-refractivity contribution in [3.8, 4) is 5.75 Å². The number of methoxy groups -OCH3 is 1. The zero-order valence-electron chi connectivity index (χ0n) is 13.4. The quantitative estimate of drug-likeness (QED) is 0.820. The third-order valence-electron chi connectivity index (χ3n) is 3.90. The van der Waals surface area contributed by atoms with E-state index in [0.29, 0.717) is 22.0 Å². The molecule has 0 spiro atoms. The Morgan fingerprint density at radius 1 is 1.12 bits per heavy atom. The molecule has 0 aromatic heterocycles. The van der Waals surface area contributed by atoms with E-state index < -0.39 is 15.9 Å². The van der Waals surface area contributed by atoms with Crippen LogP contribution in [0.1, 0.15) is 10.4 Å². The molecule has 5 nitrogen and oxygen atoms in total. The maximum atomic E-state index is 13.0. The first-order valence-electron chi connectivity index (χ1n) is 7.54. The zero-order chi connectivity index (χ0) is 18.0. The summed E-state index contributed by atoms with van der Waals surface area (Å²) in [6, 6.07) is 12.8. The number of nitrogens with zero attached hydrogens (tertiary/aromatic N) is 1. The summed E-state index contributed by atoms with van der Waals surface area (Å²) in [5.41, 5.74) is 1.02. The van der Waals surface area contributed by atoms with Crippen LogP contribution in [-0.4, -0.2) is 33.2 Å². The van der Waals surface area contributed by atoms with Gasteiger partial charge in [0, 0.05) is 21.7 Å². The highest BCUT2D eigenvalue weighted by Crippen LogP contribution is 2.27. The van der Waals surface area contributed by atoms with Crippen LogP contribution in [0, 0.1) is 0 Å². The number of hydrogen-bond donors (Lipinski definition) is 0. The SMILES string of the molecule is COc1ccc(N(C(=O)c2ccc(Cl)cc2)[C@H]2C=CS(=O)(=O)C2)cc1.